The van der Waals surface area contributed by atoms with Crippen LogP contribution in [0.15, 0.2) is 35.1 Å². The minimum atomic E-state index is -0.263. The molecule has 3 heterocycles. The maximum atomic E-state index is 12.6. The molecule has 1 N–H and O–H groups in total. The van der Waals surface area contributed by atoms with E-state index in [9.17, 15) is 9.59 Å². The van der Waals surface area contributed by atoms with Gasteiger partial charge in [0.15, 0.2) is 0 Å². The maximum Gasteiger partial charge on any atom is 0.267 e. The first-order valence-electron chi connectivity index (χ1n) is 7.10. The number of aryl methyl sites for hydroxylation is 1. The third kappa shape index (κ3) is 2.46. The molecule has 0 unspecified atom stereocenters. The number of carbonyl (C=O) groups excluding carboxylic acids is 1. The van der Waals surface area contributed by atoms with Gasteiger partial charge in [-0.05, 0) is 17.5 Å². The molecular weight excluding hydrogens is 330 g/mol. The Morgan fingerprint density at radius 1 is 1.30 bits per heavy atom. The van der Waals surface area contributed by atoms with Crippen molar-refractivity contribution in [1.82, 2.24) is 9.78 Å². The third-order valence-corrected chi connectivity index (χ3v) is 5.74. The van der Waals surface area contributed by atoms with Gasteiger partial charge in [-0.15, -0.1) is 0 Å². The summed E-state index contributed by atoms with van der Waals surface area (Å²) in [5, 5.41) is 8.78. The van der Waals surface area contributed by atoms with Gasteiger partial charge < -0.3 is 5.32 Å². The Balaban J connectivity index is 1.72. The van der Waals surface area contributed by atoms with Crippen LogP contribution in [0.1, 0.15) is 20.9 Å². The summed E-state index contributed by atoms with van der Waals surface area (Å²) in [5.41, 5.74) is 2.11. The molecule has 0 spiro atoms. The molecule has 5 nitrogen and oxygen atoms in total. The van der Waals surface area contributed by atoms with Crippen LogP contribution in [0.4, 0.5) is 5.82 Å². The van der Waals surface area contributed by atoms with Crippen molar-refractivity contribution in [2.45, 2.75) is 11.5 Å². The Hall–Kier alpha value is -2.12. The van der Waals surface area contributed by atoms with E-state index in [1.165, 1.54) is 0 Å². The van der Waals surface area contributed by atoms with E-state index in [4.69, 9.17) is 0 Å². The SMILES string of the molecule is Cn1nc2c(c1NC(=O)c1cc3ccccc3c(=O)s1)CSC2. The van der Waals surface area contributed by atoms with Crippen LogP contribution in [0.3, 0.4) is 0 Å². The summed E-state index contributed by atoms with van der Waals surface area (Å²) in [6, 6.07) is 9.08. The Morgan fingerprint density at radius 3 is 3.00 bits per heavy atom. The maximum absolute atomic E-state index is 12.6. The molecule has 0 bridgehead atoms. The highest BCUT2D eigenvalue weighted by Crippen LogP contribution is 2.34. The summed E-state index contributed by atoms with van der Waals surface area (Å²) in [4.78, 5) is 25.2. The smallest absolute Gasteiger partial charge is 0.267 e. The lowest BCUT2D eigenvalue weighted by Gasteiger charge is -2.07. The van der Waals surface area contributed by atoms with Gasteiger partial charge in [0, 0.05) is 29.5 Å². The average molecular weight is 343 g/mol. The van der Waals surface area contributed by atoms with Crippen molar-refractivity contribution in [2.24, 2.45) is 7.05 Å². The standard InChI is InChI=1S/C16H13N3O2S2/c1-19-14(11-7-22-8-12(11)18-19)17-15(20)13-6-9-4-2-3-5-10(9)16(21)23-13/h2-6H,7-8H2,1H3,(H,17,20). The van der Waals surface area contributed by atoms with Crippen LogP contribution >= 0.6 is 23.1 Å². The summed E-state index contributed by atoms with van der Waals surface area (Å²) < 4.78 is 1.60. The Kier molecular flexibility index (Phi) is 3.46. The van der Waals surface area contributed by atoms with Crippen molar-refractivity contribution in [3.05, 3.63) is 56.0 Å². The molecule has 0 atom stereocenters. The normalized spacial score (nSPS) is 13.3. The first-order valence-corrected chi connectivity index (χ1v) is 9.07. The summed E-state index contributed by atoms with van der Waals surface area (Å²) >= 11 is 2.76. The van der Waals surface area contributed by atoms with Crippen LogP contribution < -0.4 is 10.1 Å². The van der Waals surface area contributed by atoms with Crippen LogP contribution in [0.5, 0.6) is 0 Å². The van der Waals surface area contributed by atoms with Crippen LogP contribution in [0, 0.1) is 0 Å². The number of amides is 1. The van der Waals surface area contributed by atoms with E-state index in [1.807, 2.05) is 25.2 Å². The van der Waals surface area contributed by atoms with E-state index < -0.39 is 0 Å². The number of hydrogen-bond acceptors (Lipinski definition) is 5. The number of anilines is 1. The second kappa shape index (κ2) is 5.50. The molecule has 7 heteroatoms. The zero-order chi connectivity index (χ0) is 16.0. The molecule has 0 aliphatic carbocycles. The van der Waals surface area contributed by atoms with Crippen molar-refractivity contribution in [2.75, 3.05) is 5.32 Å². The van der Waals surface area contributed by atoms with Gasteiger partial charge in [-0.3, -0.25) is 14.3 Å². The number of benzene rings is 1. The fourth-order valence-corrected chi connectivity index (χ4v) is 4.57. The van der Waals surface area contributed by atoms with Crippen LogP contribution in [-0.4, -0.2) is 15.7 Å². The molecule has 0 radical (unpaired) electrons. The number of hydrogen-bond donors (Lipinski definition) is 1. The third-order valence-electron chi connectivity index (χ3n) is 3.84. The highest BCUT2D eigenvalue weighted by atomic mass is 32.2. The van der Waals surface area contributed by atoms with Crippen molar-refractivity contribution in [3.63, 3.8) is 0 Å². The first-order chi connectivity index (χ1) is 11.1. The molecule has 116 valence electrons. The lowest BCUT2D eigenvalue weighted by Crippen LogP contribution is -2.16. The van der Waals surface area contributed by atoms with E-state index in [1.54, 1.807) is 28.6 Å². The van der Waals surface area contributed by atoms with Gasteiger partial charge in [-0.2, -0.15) is 16.9 Å². The largest absolute Gasteiger partial charge is 0.306 e. The molecule has 0 saturated carbocycles. The average Bonchev–Trinajstić information content (AvgIpc) is 3.10. The van der Waals surface area contributed by atoms with Crippen LogP contribution in [-0.2, 0) is 18.6 Å². The number of fused-ring (bicyclic) bond motifs is 2. The van der Waals surface area contributed by atoms with Crippen LogP contribution in [0.2, 0.25) is 0 Å². The second-order valence-electron chi connectivity index (χ2n) is 5.33. The fourth-order valence-electron chi connectivity index (χ4n) is 2.71. The van der Waals surface area contributed by atoms with Gasteiger partial charge in [0.1, 0.15) is 5.82 Å². The number of nitrogens with one attached hydrogen (secondary N) is 1. The number of thioether (sulfide) groups is 1. The molecule has 1 amide bonds. The summed E-state index contributed by atoms with van der Waals surface area (Å²) in [5.74, 6) is 2.19. The Labute approximate surface area is 140 Å². The summed E-state index contributed by atoms with van der Waals surface area (Å²) in [6.07, 6.45) is 0. The van der Waals surface area contributed by atoms with Gasteiger partial charge in [0.05, 0.1) is 10.6 Å². The second-order valence-corrected chi connectivity index (χ2v) is 7.33. The molecule has 23 heavy (non-hydrogen) atoms. The fraction of sp³-hybridized carbons (Fsp3) is 0.188. The van der Waals surface area contributed by atoms with Crippen molar-refractivity contribution < 1.29 is 4.79 Å². The van der Waals surface area contributed by atoms with Gasteiger partial charge in [-0.1, -0.05) is 29.5 Å². The molecule has 1 aliphatic heterocycles. The lowest BCUT2D eigenvalue weighted by atomic mass is 10.2. The lowest BCUT2D eigenvalue weighted by molar-refractivity contribution is 0.102. The molecule has 4 rings (SSSR count). The summed E-state index contributed by atoms with van der Waals surface area (Å²) in [6.45, 7) is 0. The minimum absolute atomic E-state index is 0.0981. The predicted octanol–water partition coefficient (Wildman–Crippen LogP) is 2.99. The first kappa shape index (κ1) is 14.5. The summed E-state index contributed by atoms with van der Waals surface area (Å²) in [7, 11) is 1.82. The van der Waals surface area contributed by atoms with E-state index in [0.29, 0.717) is 10.3 Å². The highest BCUT2D eigenvalue weighted by molar-refractivity contribution is 7.98. The number of nitrogens with zero attached hydrogens (tertiary/aromatic N) is 2. The zero-order valence-corrected chi connectivity index (χ0v) is 14.0. The topological polar surface area (TPSA) is 64.0 Å². The molecule has 1 aromatic carbocycles. The van der Waals surface area contributed by atoms with E-state index in [0.717, 1.165) is 45.3 Å². The Bertz CT molecular complexity index is 991. The number of carbonyl (C=O) groups is 1. The molecular formula is C16H13N3O2S2. The van der Waals surface area contributed by atoms with Crippen molar-refractivity contribution >= 4 is 45.6 Å². The number of aromatic nitrogens is 2. The molecule has 1 aliphatic rings. The molecule has 0 saturated heterocycles. The molecule has 3 aromatic rings. The van der Waals surface area contributed by atoms with Crippen molar-refractivity contribution in [3.8, 4) is 0 Å². The van der Waals surface area contributed by atoms with Crippen molar-refractivity contribution in [1.29, 1.82) is 0 Å². The van der Waals surface area contributed by atoms with Gasteiger partial charge in [-0.25, -0.2) is 0 Å². The van der Waals surface area contributed by atoms with E-state index in [2.05, 4.69) is 10.4 Å². The minimum Gasteiger partial charge on any atom is -0.306 e. The quantitative estimate of drug-likeness (QED) is 0.777. The predicted molar refractivity (Wildman–Crippen MR) is 94.3 cm³/mol. The Morgan fingerprint density at radius 2 is 2.13 bits per heavy atom. The van der Waals surface area contributed by atoms with Gasteiger partial charge in [0.2, 0.25) is 4.74 Å². The highest BCUT2D eigenvalue weighted by Gasteiger charge is 2.23. The van der Waals surface area contributed by atoms with E-state index >= 15 is 0 Å². The van der Waals surface area contributed by atoms with Crippen LogP contribution in [0.25, 0.3) is 10.8 Å². The van der Waals surface area contributed by atoms with Gasteiger partial charge in [0.25, 0.3) is 5.91 Å². The molecule has 0 fully saturated rings. The number of rotatable bonds is 2. The van der Waals surface area contributed by atoms with E-state index in [-0.39, 0.29) is 10.6 Å². The monoisotopic (exact) mass is 343 g/mol. The van der Waals surface area contributed by atoms with Gasteiger partial charge >= 0.3 is 0 Å². The molecule has 2 aromatic heterocycles. The zero-order valence-electron chi connectivity index (χ0n) is 12.3.